The third kappa shape index (κ3) is 5.45. The SMILES string of the molecule is CC(OCC1(c2ccc(F)cc2)CCN(C)CC1)c1cc(OC(F)(F)F)cc2cccnc12. The Morgan fingerprint density at radius 3 is 2.45 bits per heavy atom. The molecule has 1 aliphatic heterocycles. The minimum Gasteiger partial charge on any atom is -0.406 e. The van der Waals surface area contributed by atoms with Crippen LogP contribution >= 0.6 is 0 Å². The van der Waals surface area contributed by atoms with Gasteiger partial charge in [-0.15, -0.1) is 13.2 Å². The number of alkyl halides is 3. The molecule has 1 aliphatic rings. The van der Waals surface area contributed by atoms with E-state index in [0.717, 1.165) is 31.5 Å². The first-order chi connectivity index (χ1) is 15.7. The van der Waals surface area contributed by atoms with Crippen molar-refractivity contribution in [1.29, 1.82) is 0 Å². The molecule has 1 unspecified atom stereocenters. The van der Waals surface area contributed by atoms with Gasteiger partial charge in [0.1, 0.15) is 11.6 Å². The molecule has 1 fully saturated rings. The third-order valence-corrected chi connectivity index (χ3v) is 6.39. The van der Waals surface area contributed by atoms with Crippen LogP contribution in [0.4, 0.5) is 17.6 Å². The van der Waals surface area contributed by atoms with Crippen molar-refractivity contribution in [3.63, 3.8) is 0 Å². The first-order valence-corrected chi connectivity index (χ1v) is 10.9. The van der Waals surface area contributed by atoms with Crippen LogP contribution < -0.4 is 4.74 Å². The van der Waals surface area contributed by atoms with Crippen molar-refractivity contribution in [1.82, 2.24) is 9.88 Å². The van der Waals surface area contributed by atoms with Crippen LogP contribution in [0.2, 0.25) is 0 Å². The number of aromatic nitrogens is 1. The van der Waals surface area contributed by atoms with Gasteiger partial charge in [0.2, 0.25) is 0 Å². The van der Waals surface area contributed by atoms with E-state index < -0.39 is 12.5 Å². The zero-order chi connectivity index (χ0) is 23.6. The van der Waals surface area contributed by atoms with E-state index in [-0.39, 0.29) is 17.0 Å². The lowest BCUT2D eigenvalue weighted by atomic mass is 9.73. The minimum absolute atomic E-state index is 0.296. The van der Waals surface area contributed by atoms with Crippen LogP contribution in [0.1, 0.15) is 37.0 Å². The van der Waals surface area contributed by atoms with E-state index in [1.807, 2.05) is 0 Å². The van der Waals surface area contributed by atoms with Gasteiger partial charge in [0.05, 0.1) is 18.2 Å². The van der Waals surface area contributed by atoms with Gasteiger partial charge in [-0.2, -0.15) is 0 Å². The molecule has 2 heterocycles. The monoisotopic (exact) mass is 462 g/mol. The second-order valence-corrected chi connectivity index (χ2v) is 8.68. The summed E-state index contributed by atoms with van der Waals surface area (Å²) >= 11 is 0. The van der Waals surface area contributed by atoms with Gasteiger partial charge < -0.3 is 14.4 Å². The highest BCUT2D eigenvalue weighted by atomic mass is 19.4. The molecule has 3 aromatic rings. The number of rotatable bonds is 6. The van der Waals surface area contributed by atoms with E-state index in [9.17, 15) is 17.6 Å². The first kappa shape index (κ1) is 23.4. The molecule has 8 heteroatoms. The van der Waals surface area contributed by atoms with Crippen molar-refractivity contribution in [2.24, 2.45) is 0 Å². The predicted molar refractivity (Wildman–Crippen MR) is 118 cm³/mol. The summed E-state index contributed by atoms with van der Waals surface area (Å²) in [5.41, 5.74) is 1.78. The molecular formula is C25H26F4N2O2. The average Bonchev–Trinajstić information content (AvgIpc) is 2.77. The Hall–Kier alpha value is -2.71. The highest BCUT2D eigenvalue weighted by Gasteiger charge is 2.37. The van der Waals surface area contributed by atoms with E-state index in [1.165, 1.54) is 24.3 Å². The molecule has 0 N–H and O–H groups in total. The summed E-state index contributed by atoms with van der Waals surface area (Å²) in [5, 5.41) is 0.539. The molecule has 0 aliphatic carbocycles. The van der Waals surface area contributed by atoms with E-state index in [0.29, 0.717) is 23.1 Å². The Kier molecular flexibility index (Phi) is 6.59. The van der Waals surface area contributed by atoms with Gasteiger partial charge in [0.15, 0.2) is 0 Å². The smallest absolute Gasteiger partial charge is 0.406 e. The number of hydrogen-bond acceptors (Lipinski definition) is 4. The van der Waals surface area contributed by atoms with Crippen molar-refractivity contribution >= 4 is 10.9 Å². The molecule has 4 nitrogen and oxygen atoms in total. The molecule has 0 bridgehead atoms. The molecule has 1 saturated heterocycles. The molecule has 0 amide bonds. The van der Waals surface area contributed by atoms with Gasteiger partial charge in [0.25, 0.3) is 0 Å². The highest BCUT2D eigenvalue weighted by molar-refractivity contribution is 5.83. The number of fused-ring (bicyclic) bond motifs is 1. The van der Waals surface area contributed by atoms with Crippen molar-refractivity contribution in [3.05, 3.63) is 71.7 Å². The fraction of sp³-hybridized carbons (Fsp3) is 0.400. The van der Waals surface area contributed by atoms with Gasteiger partial charge in [-0.05, 0) is 75.8 Å². The third-order valence-electron chi connectivity index (χ3n) is 6.39. The topological polar surface area (TPSA) is 34.6 Å². The molecule has 1 aromatic heterocycles. The number of halogens is 4. The lowest BCUT2D eigenvalue weighted by molar-refractivity contribution is -0.274. The Morgan fingerprint density at radius 2 is 1.79 bits per heavy atom. The Labute approximate surface area is 190 Å². The lowest BCUT2D eigenvalue weighted by Crippen LogP contribution is -2.44. The maximum atomic E-state index is 13.5. The van der Waals surface area contributed by atoms with E-state index >= 15 is 0 Å². The minimum atomic E-state index is -4.79. The fourth-order valence-electron chi connectivity index (χ4n) is 4.44. The summed E-state index contributed by atoms with van der Waals surface area (Å²) in [5.74, 6) is -0.601. The van der Waals surface area contributed by atoms with E-state index in [1.54, 1.807) is 37.4 Å². The van der Waals surface area contributed by atoms with Crippen LogP contribution in [-0.4, -0.2) is 43.0 Å². The fourth-order valence-corrected chi connectivity index (χ4v) is 4.44. The quantitative estimate of drug-likeness (QED) is 0.420. The number of piperidine rings is 1. The Morgan fingerprint density at radius 1 is 1.09 bits per heavy atom. The Balaban J connectivity index is 1.62. The summed E-state index contributed by atoms with van der Waals surface area (Å²) in [6.07, 6.45) is -2.07. The summed E-state index contributed by atoms with van der Waals surface area (Å²) in [6.45, 7) is 3.89. The zero-order valence-corrected chi connectivity index (χ0v) is 18.5. The standard InChI is InChI=1S/C25H26F4N2O2/c1-17(22-15-21(33-25(27,28)29)14-18-4-3-11-30-23(18)22)32-16-24(9-12-31(2)13-10-24)19-5-7-20(26)8-6-19/h3-8,11,14-15,17H,9-10,12-13,16H2,1-2H3. The molecule has 33 heavy (non-hydrogen) atoms. The number of likely N-dealkylation sites (tertiary alicyclic amines) is 1. The number of pyridine rings is 1. The van der Waals surface area contributed by atoms with Crippen LogP contribution in [0, 0.1) is 5.82 Å². The summed E-state index contributed by atoms with van der Waals surface area (Å²) < 4.78 is 62.6. The van der Waals surface area contributed by atoms with Gasteiger partial charge in [-0.25, -0.2) is 4.39 Å². The van der Waals surface area contributed by atoms with Gasteiger partial charge in [0, 0.05) is 22.6 Å². The first-order valence-electron chi connectivity index (χ1n) is 10.9. The number of nitrogens with zero attached hydrogens (tertiary/aromatic N) is 2. The van der Waals surface area contributed by atoms with E-state index in [2.05, 4.69) is 21.7 Å². The average molecular weight is 462 g/mol. The van der Waals surface area contributed by atoms with Crippen LogP contribution in [0.15, 0.2) is 54.7 Å². The molecule has 0 radical (unpaired) electrons. The molecule has 1 atom stereocenters. The van der Waals surface area contributed by atoms with Crippen molar-refractivity contribution in [3.8, 4) is 5.75 Å². The van der Waals surface area contributed by atoms with Crippen molar-refractivity contribution < 1.29 is 27.0 Å². The zero-order valence-electron chi connectivity index (χ0n) is 18.5. The molecule has 0 spiro atoms. The predicted octanol–water partition coefficient (Wildman–Crippen LogP) is 6.01. The summed E-state index contributed by atoms with van der Waals surface area (Å²) in [6, 6.07) is 12.5. The normalized spacial score (nSPS) is 17.8. The number of hydrogen-bond donors (Lipinski definition) is 0. The van der Waals surface area contributed by atoms with Gasteiger partial charge in [-0.1, -0.05) is 18.2 Å². The van der Waals surface area contributed by atoms with Crippen LogP contribution in [0.3, 0.4) is 0 Å². The van der Waals surface area contributed by atoms with Crippen LogP contribution in [0.5, 0.6) is 5.75 Å². The van der Waals surface area contributed by atoms with E-state index in [4.69, 9.17) is 4.74 Å². The largest absolute Gasteiger partial charge is 0.573 e. The van der Waals surface area contributed by atoms with Crippen LogP contribution in [0.25, 0.3) is 10.9 Å². The van der Waals surface area contributed by atoms with Crippen LogP contribution in [-0.2, 0) is 10.2 Å². The van der Waals surface area contributed by atoms with Crippen molar-refractivity contribution in [2.45, 2.75) is 37.6 Å². The summed E-state index contributed by atoms with van der Waals surface area (Å²) in [4.78, 5) is 6.60. The lowest BCUT2D eigenvalue weighted by Gasteiger charge is -2.41. The highest BCUT2D eigenvalue weighted by Crippen LogP contribution is 2.38. The molecule has 4 rings (SSSR count). The molecule has 176 valence electrons. The second kappa shape index (κ2) is 9.27. The molecular weight excluding hydrogens is 436 g/mol. The Bertz CT molecular complexity index is 1090. The summed E-state index contributed by atoms with van der Waals surface area (Å²) in [7, 11) is 2.06. The number of ether oxygens (including phenoxy) is 2. The molecule has 2 aromatic carbocycles. The maximum Gasteiger partial charge on any atom is 0.573 e. The van der Waals surface area contributed by atoms with Crippen molar-refractivity contribution in [2.75, 3.05) is 26.7 Å². The number of benzene rings is 2. The maximum absolute atomic E-state index is 13.5. The second-order valence-electron chi connectivity index (χ2n) is 8.68. The van der Waals surface area contributed by atoms with Gasteiger partial charge >= 0.3 is 6.36 Å². The van der Waals surface area contributed by atoms with Gasteiger partial charge in [-0.3, -0.25) is 4.98 Å². The molecule has 0 saturated carbocycles.